The third kappa shape index (κ3) is 3.56. The van der Waals surface area contributed by atoms with Crippen LogP contribution in [0.2, 0.25) is 0 Å². The summed E-state index contributed by atoms with van der Waals surface area (Å²) in [6.07, 6.45) is 2.82. The number of ether oxygens (including phenoxy) is 1. The Morgan fingerprint density at radius 2 is 2.19 bits per heavy atom. The first-order valence-corrected chi connectivity index (χ1v) is 6.24. The van der Waals surface area contributed by atoms with Crippen molar-refractivity contribution in [1.82, 2.24) is 10.4 Å². The lowest BCUT2D eigenvalue weighted by atomic mass is 10.2. The number of phenolic OH excluding ortho intramolecular Hbond substituents is 1. The van der Waals surface area contributed by atoms with Gasteiger partial charge in [0.25, 0.3) is 5.91 Å². The number of hydrogen-bond acceptors (Lipinski definition) is 5. The van der Waals surface area contributed by atoms with E-state index in [1.54, 1.807) is 30.3 Å². The van der Waals surface area contributed by atoms with E-state index >= 15 is 0 Å². The molecule has 2 N–H and O–H groups in total. The predicted octanol–water partition coefficient (Wildman–Crippen LogP) is 1.87. The molecule has 0 fully saturated rings. The Labute approximate surface area is 122 Å². The highest BCUT2D eigenvalue weighted by Crippen LogP contribution is 2.27. The highest BCUT2D eigenvalue weighted by atomic mass is 16.5. The summed E-state index contributed by atoms with van der Waals surface area (Å²) >= 11 is 0. The van der Waals surface area contributed by atoms with Crippen LogP contribution in [0.3, 0.4) is 0 Å². The molecular weight excluding hydrogens is 270 g/mol. The molecule has 1 aromatic carbocycles. The highest BCUT2D eigenvalue weighted by Gasteiger charge is 2.06. The van der Waals surface area contributed by atoms with E-state index in [2.05, 4.69) is 15.5 Å². The van der Waals surface area contributed by atoms with Gasteiger partial charge in [0, 0.05) is 17.5 Å². The molecule has 2 aromatic rings. The number of benzene rings is 1. The summed E-state index contributed by atoms with van der Waals surface area (Å²) in [6, 6.07) is 8.40. The van der Waals surface area contributed by atoms with Crippen molar-refractivity contribution >= 4 is 12.1 Å². The number of amides is 1. The number of carbonyl (C=O) groups is 1. The minimum Gasteiger partial charge on any atom is -0.504 e. The summed E-state index contributed by atoms with van der Waals surface area (Å²) in [6.45, 7) is 1.84. The van der Waals surface area contributed by atoms with Gasteiger partial charge in [-0.1, -0.05) is 6.07 Å². The second-order valence-electron chi connectivity index (χ2n) is 4.29. The number of aryl methyl sites for hydroxylation is 1. The summed E-state index contributed by atoms with van der Waals surface area (Å²) in [5, 5.41) is 13.7. The Morgan fingerprint density at radius 1 is 1.38 bits per heavy atom. The first-order valence-electron chi connectivity index (χ1n) is 6.24. The van der Waals surface area contributed by atoms with Crippen LogP contribution in [0, 0.1) is 6.92 Å². The van der Waals surface area contributed by atoms with Gasteiger partial charge >= 0.3 is 0 Å². The molecule has 21 heavy (non-hydrogen) atoms. The van der Waals surface area contributed by atoms with Crippen LogP contribution in [-0.4, -0.2) is 29.3 Å². The molecule has 0 aliphatic rings. The molecule has 0 bridgehead atoms. The van der Waals surface area contributed by atoms with E-state index in [0.717, 1.165) is 5.69 Å². The number of hydrazone groups is 1. The number of nitrogens with zero attached hydrogens (tertiary/aromatic N) is 2. The number of pyridine rings is 1. The van der Waals surface area contributed by atoms with Gasteiger partial charge < -0.3 is 9.84 Å². The third-order valence-corrected chi connectivity index (χ3v) is 2.79. The van der Waals surface area contributed by atoms with Crippen LogP contribution in [0.1, 0.15) is 21.6 Å². The fourth-order valence-corrected chi connectivity index (χ4v) is 1.64. The van der Waals surface area contributed by atoms with E-state index in [0.29, 0.717) is 16.9 Å². The molecule has 0 atom stereocenters. The number of hydrogen-bond donors (Lipinski definition) is 2. The van der Waals surface area contributed by atoms with Gasteiger partial charge in [-0.3, -0.25) is 9.78 Å². The van der Waals surface area contributed by atoms with Gasteiger partial charge in [-0.15, -0.1) is 0 Å². The average Bonchev–Trinajstić information content (AvgIpc) is 2.49. The molecule has 1 aromatic heterocycles. The molecule has 2 rings (SSSR count). The van der Waals surface area contributed by atoms with Crippen molar-refractivity contribution in [2.24, 2.45) is 5.10 Å². The minimum absolute atomic E-state index is 0.0324. The summed E-state index contributed by atoms with van der Waals surface area (Å²) in [5.74, 6) is -0.0656. The molecule has 0 aliphatic heterocycles. The van der Waals surface area contributed by atoms with Crippen LogP contribution in [-0.2, 0) is 0 Å². The van der Waals surface area contributed by atoms with Gasteiger partial charge in [-0.05, 0) is 31.2 Å². The number of para-hydroxylation sites is 1. The molecule has 0 saturated carbocycles. The van der Waals surface area contributed by atoms with Crippen molar-refractivity contribution < 1.29 is 14.6 Å². The van der Waals surface area contributed by atoms with Crippen LogP contribution in [0.25, 0.3) is 0 Å². The summed E-state index contributed by atoms with van der Waals surface area (Å²) < 4.78 is 4.99. The molecule has 6 heteroatoms. The number of aromatic hydroxyl groups is 1. The lowest BCUT2D eigenvalue weighted by molar-refractivity contribution is 0.0954. The summed E-state index contributed by atoms with van der Waals surface area (Å²) in [5.41, 5.74) is 4.05. The van der Waals surface area contributed by atoms with Gasteiger partial charge in [0.15, 0.2) is 11.5 Å². The van der Waals surface area contributed by atoms with Crippen LogP contribution in [0.5, 0.6) is 11.5 Å². The number of methoxy groups -OCH3 is 1. The number of carbonyl (C=O) groups excluding carboxylic acids is 1. The quantitative estimate of drug-likeness (QED) is 0.663. The Hall–Kier alpha value is -2.89. The fourth-order valence-electron chi connectivity index (χ4n) is 1.64. The molecule has 6 nitrogen and oxygen atoms in total. The maximum Gasteiger partial charge on any atom is 0.272 e. The van der Waals surface area contributed by atoms with E-state index < -0.39 is 0 Å². The van der Waals surface area contributed by atoms with Gasteiger partial charge in [0.05, 0.1) is 18.9 Å². The van der Waals surface area contributed by atoms with Gasteiger partial charge in [-0.25, -0.2) is 5.43 Å². The molecule has 0 radical (unpaired) electrons. The second-order valence-corrected chi connectivity index (χ2v) is 4.29. The Morgan fingerprint density at radius 3 is 2.86 bits per heavy atom. The number of aromatic nitrogens is 1. The van der Waals surface area contributed by atoms with E-state index in [4.69, 9.17) is 4.74 Å². The lowest BCUT2D eigenvalue weighted by Crippen LogP contribution is -2.17. The lowest BCUT2D eigenvalue weighted by Gasteiger charge is -2.05. The van der Waals surface area contributed by atoms with Gasteiger partial charge in [0.1, 0.15) is 0 Å². The maximum atomic E-state index is 11.8. The molecule has 1 amide bonds. The number of rotatable bonds is 4. The average molecular weight is 285 g/mol. The van der Waals surface area contributed by atoms with Crippen molar-refractivity contribution in [2.75, 3.05) is 7.11 Å². The fraction of sp³-hybridized carbons (Fsp3) is 0.133. The van der Waals surface area contributed by atoms with Crippen molar-refractivity contribution in [3.8, 4) is 11.5 Å². The largest absolute Gasteiger partial charge is 0.504 e. The van der Waals surface area contributed by atoms with Crippen molar-refractivity contribution in [1.29, 1.82) is 0 Å². The standard InChI is InChI=1S/C15H15N3O3/c1-10-6-7-12(8-16-10)15(20)18-17-9-11-4-3-5-13(21-2)14(11)19/h3-9,19H,1-2H3,(H,18,20). The predicted molar refractivity (Wildman–Crippen MR) is 78.7 cm³/mol. The molecule has 0 spiro atoms. The minimum atomic E-state index is -0.374. The van der Waals surface area contributed by atoms with Crippen LogP contribution in [0.4, 0.5) is 0 Å². The SMILES string of the molecule is COc1cccc(C=NNC(=O)c2ccc(C)nc2)c1O. The van der Waals surface area contributed by atoms with Crippen molar-refractivity contribution in [2.45, 2.75) is 6.92 Å². The summed E-state index contributed by atoms with van der Waals surface area (Å²) in [4.78, 5) is 15.8. The Bertz CT molecular complexity index is 666. The smallest absolute Gasteiger partial charge is 0.272 e. The van der Waals surface area contributed by atoms with E-state index in [1.807, 2.05) is 6.92 Å². The zero-order valence-electron chi connectivity index (χ0n) is 11.7. The molecule has 0 saturated heterocycles. The molecule has 0 aliphatic carbocycles. The zero-order valence-corrected chi connectivity index (χ0v) is 11.7. The van der Waals surface area contributed by atoms with Crippen LogP contribution in [0.15, 0.2) is 41.6 Å². The Kier molecular flexibility index (Phi) is 4.50. The maximum absolute atomic E-state index is 11.8. The first kappa shape index (κ1) is 14.5. The van der Waals surface area contributed by atoms with Crippen LogP contribution >= 0.6 is 0 Å². The molecular formula is C15H15N3O3. The molecule has 0 unspecified atom stereocenters. The number of phenols is 1. The van der Waals surface area contributed by atoms with E-state index in [9.17, 15) is 9.90 Å². The highest BCUT2D eigenvalue weighted by molar-refractivity contribution is 5.94. The zero-order chi connectivity index (χ0) is 15.2. The molecule has 1 heterocycles. The van der Waals surface area contributed by atoms with Gasteiger partial charge in [-0.2, -0.15) is 5.10 Å². The Balaban J connectivity index is 2.05. The van der Waals surface area contributed by atoms with Gasteiger partial charge in [0.2, 0.25) is 0 Å². The third-order valence-electron chi connectivity index (χ3n) is 2.79. The van der Waals surface area contributed by atoms with E-state index in [1.165, 1.54) is 19.5 Å². The monoisotopic (exact) mass is 285 g/mol. The number of nitrogens with one attached hydrogen (secondary N) is 1. The van der Waals surface area contributed by atoms with Crippen LogP contribution < -0.4 is 10.2 Å². The normalized spacial score (nSPS) is 10.6. The summed E-state index contributed by atoms with van der Waals surface area (Å²) in [7, 11) is 1.46. The first-order chi connectivity index (χ1) is 10.1. The topological polar surface area (TPSA) is 83.8 Å². The molecule has 108 valence electrons. The second kappa shape index (κ2) is 6.51. The van der Waals surface area contributed by atoms with Crippen molar-refractivity contribution in [3.05, 3.63) is 53.3 Å². The van der Waals surface area contributed by atoms with E-state index in [-0.39, 0.29) is 11.7 Å². The van der Waals surface area contributed by atoms with Crippen molar-refractivity contribution in [3.63, 3.8) is 0 Å².